The highest BCUT2D eigenvalue weighted by Crippen LogP contribution is 2.29. The first-order chi connectivity index (χ1) is 7.24. The van der Waals surface area contributed by atoms with E-state index in [0.717, 1.165) is 25.3 Å². The van der Waals surface area contributed by atoms with Gasteiger partial charge in [-0.15, -0.1) is 0 Å². The molecule has 1 aromatic heterocycles. The first-order valence-corrected chi connectivity index (χ1v) is 5.71. The van der Waals surface area contributed by atoms with Crippen LogP contribution in [0.4, 0.5) is 0 Å². The van der Waals surface area contributed by atoms with Crippen LogP contribution in [0.25, 0.3) is 0 Å². The van der Waals surface area contributed by atoms with Crippen molar-refractivity contribution in [2.75, 3.05) is 13.1 Å². The molecule has 2 heterocycles. The lowest BCUT2D eigenvalue weighted by atomic mass is 10.1. The molecule has 1 aliphatic heterocycles. The fraction of sp³-hybridized carbons (Fsp3) is 0.727. The highest BCUT2D eigenvalue weighted by molar-refractivity contribution is 5.06. The molecular formula is C11H20N4. The molecule has 0 bridgehead atoms. The van der Waals surface area contributed by atoms with Crippen LogP contribution in [-0.2, 0) is 7.05 Å². The Morgan fingerprint density at radius 2 is 2.40 bits per heavy atom. The van der Waals surface area contributed by atoms with E-state index in [2.05, 4.69) is 21.4 Å². The summed E-state index contributed by atoms with van der Waals surface area (Å²) in [5, 5.41) is 0. The molecule has 0 amide bonds. The maximum Gasteiger partial charge on any atom is 0.127 e. The minimum Gasteiger partial charge on any atom is -0.337 e. The number of hydrogen-bond donors (Lipinski definition) is 1. The summed E-state index contributed by atoms with van der Waals surface area (Å²) in [4.78, 5) is 6.87. The number of rotatable bonds is 3. The Bertz CT molecular complexity index is 318. The van der Waals surface area contributed by atoms with Gasteiger partial charge in [0, 0.05) is 32.0 Å². The first kappa shape index (κ1) is 10.6. The van der Waals surface area contributed by atoms with Crippen molar-refractivity contribution in [3.8, 4) is 0 Å². The van der Waals surface area contributed by atoms with Crippen molar-refractivity contribution in [3.05, 3.63) is 18.2 Å². The Balaban J connectivity index is 2.21. The van der Waals surface area contributed by atoms with E-state index in [0.29, 0.717) is 6.04 Å². The van der Waals surface area contributed by atoms with Gasteiger partial charge in [0.05, 0.1) is 6.04 Å². The SMILES string of the molecule is CCCN1CC[C@H](N)[C@H]1c1nccn1C. The number of aromatic nitrogens is 2. The molecule has 2 atom stereocenters. The van der Waals surface area contributed by atoms with Gasteiger partial charge in [-0.3, -0.25) is 4.90 Å². The van der Waals surface area contributed by atoms with E-state index < -0.39 is 0 Å². The number of likely N-dealkylation sites (tertiary alicyclic amines) is 1. The van der Waals surface area contributed by atoms with Crippen LogP contribution in [0.2, 0.25) is 0 Å². The normalized spacial score (nSPS) is 27.4. The number of nitrogens with two attached hydrogens (primary N) is 1. The van der Waals surface area contributed by atoms with Gasteiger partial charge in [0.1, 0.15) is 5.82 Å². The van der Waals surface area contributed by atoms with E-state index in [-0.39, 0.29) is 6.04 Å². The zero-order chi connectivity index (χ0) is 10.8. The molecule has 0 unspecified atom stereocenters. The summed E-state index contributed by atoms with van der Waals surface area (Å²) in [6.07, 6.45) is 6.10. The molecule has 2 N–H and O–H groups in total. The summed E-state index contributed by atoms with van der Waals surface area (Å²) in [5.74, 6) is 1.11. The molecule has 1 fully saturated rings. The van der Waals surface area contributed by atoms with Crippen LogP contribution in [0.5, 0.6) is 0 Å². The second kappa shape index (κ2) is 4.33. The second-order valence-corrected chi connectivity index (χ2v) is 4.33. The van der Waals surface area contributed by atoms with Crippen molar-refractivity contribution >= 4 is 0 Å². The van der Waals surface area contributed by atoms with Gasteiger partial charge in [-0.25, -0.2) is 4.98 Å². The largest absolute Gasteiger partial charge is 0.337 e. The number of imidazole rings is 1. The van der Waals surface area contributed by atoms with Crippen LogP contribution in [0.3, 0.4) is 0 Å². The minimum atomic E-state index is 0.234. The summed E-state index contributed by atoms with van der Waals surface area (Å²) in [6, 6.07) is 0.544. The van der Waals surface area contributed by atoms with Crippen molar-refractivity contribution in [2.45, 2.75) is 31.8 Å². The molecule has 4 heteroatoms. The Morgan fingerprint density at radius 1 is 1.60 bits per heavy atom. The van der Waals surface area contributed by atoms with Crippen LogP contribution in [0.1, 0.15) is 31.6 Å². The highest BCUT2D eigenvalue weighted by atomic mass is 15.2. The van der Waals surface area contributed by atoms with E-state index in [4.69, 9.17) is 5.73 Å². The third-order valence-electron chi connectivity index (χ3n) is 3.18. The van der Waals surface area contributed by atoms with Crippen LogP contribution >= 0.6 is 0 Å². The molecule has 0 aromatic carbocycles. The van der Waals surface area contributed by atoms with E-state index in [1.54, 1.807) is 0 Å². The maximum atomic E-state index is 6.16. The molecule has 0 radical (unpaired) electrons. The lowest BCUT2D eigenvalue weighted by Crippen LogP contribution is -2.34. The molecular weight excluding hydrogens is 188 g/mol. The molecule has 2 rings (SSSR count). The third-order valence-corrected chi connectivity index (χ3v) is 3.18. The van der Waals surface area contributed by atoms with Gasteiger partial charge in [-0.05, 0) is 19.4 Å². The molecule has 0 saturated carbocycles. The van der Waals surface area contributed by atoms with Gasteiger partial charge < -0.3 is 10.3 Å². The van der Waals surface area contributed by atoms with Gasteiger partial charge in [-0.2, -0.15) is 0 Å². The first-order valence-electron chi connectivity index (χ1n) is 5.71. The Morgan fingerprint density at radius 3 is 3.00 bits per heavy atom. The predicted molar refractivity (Wildman–Crippen MR) is 60.4 cm³/mol. The molecule has 0 spiro atoms. The summed E-state index contributed by atoms with van der Waals surface area (Å²) >= 11 is 0. The molecule has 0 aliphatic carbocycles. The maximum absolute atomic E-state index is 6.16. The van der Waals surface area contributed by atoms with Gasteiger partial charge in [0.15, 0.2) is 0 Å². The van der Waals surface area contributed by atoms with Crippen LogP contribution < -0.4 is 5.73 Å². The molecule has 1 aromatic rings. The number of hydrogen-bond acceptors (Lipinski definition) is 3. The lowest BCUT2D eigenvalue weighted by Gasteiger charge is -2.25. The van der Waals surface area contributed by atoms with E-state index >= 15 is 0 Å². The fourth-order valence-corrected chi connectivity index (χ4v) is 2.44. The molecule has 84 valence electrons. The number of nitrogens with zero attached hydrogens (tertiary/aromatic N) is 3. The Kier molecular flexibility index (Phi) is 3.07. The monoisotopic (exact) mass is 208 g/mol. The third kappa shape index (κ3) is 1.92. The van der Waals surface area contributed by atoms with Crippen molar-refractivity contribution < 1.29 is 0 Å². The van der Waals surface area contributed by atoms with Crippen molar-refractivity contribution in [1.29, 1.82) is 0 Å². The van der Waals surface area contributed by atoms with Crippen molar-refractivity contribution in [2.24, 2.45) is 12.8 Å². The minimum absolute atomic E-state index is 0.234. The quantitative estimate of drug-likeness (QED) is 0.803. The molecule has 1 saturated heterocycles. The van der Waals surface area contributed by atoms with E-state index in [1.807, 2.05) is 19.4 Å². The topological polar surface area (TPSA) is 47.1 Å². The van der Waals surface area contributed by atoms with Crippen LogP contribution in [0.15, 0.2) is 12.4 Å². The van der Waals surface area contributed by atoms with Crippen molar-refractivity contribution in [1.82, 2.24) is 14.5 Å². The highest BCUT2D eigenvalue weighted by Gasteiger charge is 2.34. The van der Waals surface area contributed by atoms with Crippen LogP contribution in [-0.4, -0.2) is 33.6 Å². The lowest BCUT2D eigenvalue weighted by molar-refractivity contribution is 0.236. The second-order valence-electron chi connectivity index (χ2n) is 4.33. The summed E-state index contributed by atoms with van der Waals surface area (Å²) in [5.41, 5.74) is 6.16. The Labute approximate surface area is 91.1 Å². The average Bonchev–Trinajstić information content (AvgIpc) is 2.75. The number of aryl methyl sites for hydroxylation is 1. The van der Waals surface area contributed by atoms with Gasteiger partial charge in [-0.1, -0.05) is 6.92 Å². The summed E-state index contributed by atoms with van der Waals surface area (Å²) in [7, 11) is 2.04. The molecule has 15 heavy (non-hydrogen) atoms. The molecule has 4 nitrogen and oxygen atoms in total. The Hall–Kier alpha value is -0.870. The van der Waals surface area contributed by atoms with Crippen molar-refractivity contribution in [3.63, 3.8) is 0 Å². The van der Waals surface area contributed by atoms with E-state index in [1.165, 1.54) is 6.42 Å². The van der Waals surface area contributed by atoms with Gasteiger partial charge in [0.2, 0.25) is 0 Å². The zero-order valence-electron chi connectivity index (χ0n) is 9.56. The van der Waals surface area contributed by atoms with Gasteiger partial charge >= 0.3 is 0 Å². The zero-order valence-corrected chi connectivity index (χ0v) is 9.56. The van der Waals surface area contributed by atoms with Gasteiger partial charge in [0.25, 0.3) is 0 Å². The molecule has 1 aliphatic rings. The van der Waals surface area contributed by atoms with E-state index in [9.17, 15) is 0 Å². The summed E-state index contributed by atoms with van der Waals surface area (Å²) < 4.78 is 2.08. The smallest absolute Gasteiger partial charge is 0.127 e. The fourth-order valence-electron chi connectivity index (χ4n) is 2.44. The standard InChI is InChI=1S/C11H20N4/c1-3-6-15-7-4-9(12)10(15)11-13-5-8-14(11)2/h5,8-10H,3-4,6-7,12H2,1-2H3/t9-,10-/m0/s1. The average molecular weight is 208 g/mol. The predicted octanol–water partition coefficient (Wildman–Crippen LogP) is 0.904. The van der Waals surface area contributed by atoms with Crippen LogP contribution in [0, 0.1) is 0 Å². The summed E-state index contributed by atoms with van der Waals surface area (Å²) in [6.45, 7) is 4.43.